The Hall–Kier alpha value is -1.98. The number of nitrogens with zero attached hydrogens (tertiary/aromatic N) is 4. The zero-order chi connectivity index (χ0) is 23.1. The van der Waals surface area contributed by atoms with Crippen LogP contribution in [-0.4, -0.2) is 69.8 Å². The predicted molar refractivity (Wildman–Crippen MR) is 125 cm³/mol. The van der Waals surface area contributed by atoms with E-state index in [2.05, 4.69) is 27.3 Å². The minimum absolute atomic E-state index is 0.0449. The number of aliphatic hydroxyl groups is 1. The zero-order valence-corrected chi connectivity index (χ0v) is 19.3. The van der Waals surface area contributed by atoms with E-state index in [4.69, 9.17) is 5.73 Å². The molecule has 0 aromatic heterocycles. The smallest absolute Gasteiger partial charge is 0.123 e. The molecule has 0 radical (unpaired) electrons. The molecule has 33 heavy (non-hydrogen) atoms. The van der Waals surface area contributed by atoms with E-state index >= 15 is 0 Å². The highest BCUT2D eigenvalue weighted by Crippen LogP contribution is 2.47. The minimum atomic E-state index is -0.557. The first-order valence-corrected chi connectivity index (χ1v) is 12.5. The number of hydrogen-bond acceptors (Lipinski definition) is 6. The lowest BCUT2D eigenvalue weighted by Gasteiger charge is -2.45. The molecule has 2 bridgehead atoms. The van der Waals surface area contributed by atoms with Crippen molar-refractivity contribution < 1.29 is 9.50 Å². The van der Waals surface area contributed by atoms with Crippen LogP contribution >= 0.6 is 0 Å². The van der Waals surface area contributed by atoms with E-state index in [1.807, 2.05) is 12.1 Å². The summed E-state index contributed by atoms with van der Waals surface area (Å²) in [6, 6.07) is 9.32. The molecule has 0 amide bonds. The van der Waals surface area contributed by atoms with Crippen LogP contribution in [0.25, 0.3) is 0 Å². The first kappa shape index (κ1) is 22.8. The molecular weight excluding hydrogens is 417 g/mol. The fourth-order valence-corrected chi connectivity index (χ4v) is 6.89. The lowest BCUT2D eigenvalue weighted by Crippen LogP contribution is -2.57. The number of nitrogens with two attached hydrogens (primary N) is 1. The maximum absolute atomic E-state index is 13.6. The van der Waals surface area contributed by atoms with E-state index in [0.717, 1.165) is 56.5 Å². The molecule has 3 N–H and O–H groups in total. The maximum atomic E-state index is 13.6. The summed E-state index contributed by atoms with van der Waals surface area (Å²) < 4.78 is 13.6. The molecule has 0 spiro atoms. The van der Waals surface area contributed by atoms with Gasteiger partial charge in [-0.25, -0.2) is 4.39 Å². The summed E-state index contributed by atoms with van der Waals surface area (Å²) in [7, 11) is 0. The molecule has 6 atom stereocenters. The summed E-state index contributed by atoms with van der Waals surface area (Å²) in [5.41, 5.74) is 8.50. The first-order valence-electron chi connectivity index (χ1n) is 12.5. The van der Waals surface area contributed by atoms with Crippen LogP contribution in [0.2, 0.25) is 0 Å². The molecule has 7 heteroatoms. The second kappa shape index (κ2) is 9.34. The van der Waals surface area contributed by atoms with E-state index in [1.165, 1.54) is 12.8 Å². The van der Waals surface area contributed by atoms with Crippen LogP contribution in [0, 0.1) is 23.1 Å². The van der Waals surface area contributed by atoms with Crippen molar-refractivity contribution in [2.24, 2.45) is 11.7 Å². The minimum Gasteiger partial charge on any atom is -0.377 e. The van der Waals surface area contributed by atoms with Crippen LogP contribution in [0.5, 0.6) is 0 Å². The number of fused-ring (bicyclic) bond motifs is 2. The Bertz CT molecular complexity index is 893. The number of halogens is 1. The van der Waals surface area contributed by atoms with Crippen molar-refractivity contribution in [2.75, 3.05) is 19.6 Å². The van der Waals surface area contributed by atoms with Gasteiger partial charge in [0.15, 0.2) is 0 Å². The fraction of sp³-hybridized carbons (Fsp3) is 0.654. The molecule has 3 saturated heterocycles. The second-order valence-electron chi connectivity index (χ2n) is 10.4. The first-order chi connectivity index (χ1) is 16.0. The van der Waals surface area contributed by atoms with Crippen molar-refractivity contribution >= 4 is 0 Å². The Balaban J connectivity index is 1.28. The molecule has 6 nitrogen and oxygen atoms in total. The van der Waals surface area contributed by atoms with E-state index in [9.17, 15) is 14.8 Å². The van der Waals surface area contributed by atoms with E-state index < -0.39 is 6.23 Å². The van der Waals surface area contributed by atoms with Gasteiger partial charge in [-0.05, 0) is 55.7 Å². The molecule has 1 aliphatic carbocycles. The number of nitriles is 1. The molecular formula is C26H36FN5O. The summed E-state index contributed by atoms with van der Waals surface area (Å²) >= 11 is 0. The van der Waals surface area contributed by atoms with Crippen LogP contribution in [0.15, 0.2) is 36.5 Å². The van der Waals surface area contributed by atoms with Crippen molar-refractivity contribution in [3.8, 4) is 6.07 Å². The van der Waals surface area contributed by atoms with Gasteiger partial charge < -0.3 is 15.7 Å². The lowest BCUT2D eigenvalue weighted by atomic mass is 9.89. The highest BCUT2D eigenvalue weighted by molar-refractivity contribution is 5.23. The monoisotopic (exact) mass is 453 g/mol. The summed E-state index contributed by atoms with van der Waals surface area (Å²) in [5, 5.41) is 20.8. The van der Waals surface area contributed by atoms with E-state index in [-0.39, 0.29) is 36.0 Å². The van der Waals surface area contributed by atoms with Gasteiger partial charge in [0, 0.05) is 37.4 Å². The fourth-order valence-electron chi connectivity index (χ4n) is 6.89. The molecule has 3 aliphatic heterocycles. The summed E-state index contributed by atoms with van der Waals surface area (Å²) in [5.74, 6) is 0.280. The summed E-state index contributed by atoms with van der Waals surface area (Å²) in [6.07, 6.45) is 7.01. The van der Waals surface area contributed by atoms with Gasteiger partial charge in [-0.3, -0.25) is 9.80 Å². The normalized spacial score (nSPS) is 32.4. The number of hydrogen-bond donors (Lipinski definition) is 2. The number of likely N-dealkylation sites (tertiary alicyclic amines) is 3. The van der Waals surface area contributed by atoms with Gasteiger partial charge in [0.1, 0.15) is 18.1 Å². The average molecular weight is 454 g/mol. The average Bonchev–Trinajstić information content (AvgIpc) is 3.60. The maximum Gasteiger partial charge on any atom is 0.123 e. The molecule has 4 aliphatic rings. The van der Waals surface area contributed by atoms with Crippen molar-refractivity contribution in [1.82, 2.24) is 14.7 Å². The van der Waals surface area contributed by atoms with Crippen molar-refractivity contribution in [3.63, 3.8) is 0 Å². The predicted octanol–water partition coefficient (Wildman–Crippen LogP) is 2.96. The second-order valence-corrected chi connectivity index (χ2v) is 10.4. The van der Waals surface area contributed by atoms with Gasteiger partial charge in [0.25, 0.3) is 0 Å². The molecule has 178 valence electrons. The third kappa shape index (κ3) is 4.19. The highest BCUT2D eigenvalue weighted by Gasteiger charge is 2.53. The quantitative estimate of drug-likeness (QED) is 0.661. The van der Waals surface area contributed by atoms with Crippen LogP contribution in [-0.2, 0) is 0 Å². The largest absolute Gasteiger partial charge is 0.377 e. The Morgan fingerprint density at radius 1 is 1.21 bits per heavy atom. The third-order valence-electron chi connectivity index (χ3n) is 8.51. The summed E-state index contributed by atoms with van der Waals surface area (Å²) in [4.78, 5) is 6.69. The molecule has 5 rings (SSSR count). The zero-order valence-electron chi connectivity index (χ0n) is 19.3. The molecule has 3 heterocycles. The van der Waals surface area contributed by atoms with Gasteiger partial charge in [-0.15, -0.1) is 0 Å². The third-order valence-corrected chi connectivity index (χ3v) is 8.51. The van der Waals surface area contributed by atoms with Gasteiger partial charge >= 0.3 is 0 Å². The summed E-state index contributed by atoms with van der Waals surface area (Å²) in [6.45, 7) is 6.57. The molecule has 4 fully saturated rings. The Kier molecular flexibility index (Phi) is 6.45. The van der Waals surface area contributed by atoms with Gasteiger partial charge in [-0.2, -0.15) is 5.26 Å². The SMILES string of the molecule is C=C([C@@H](N)CN1CC2C[C@H]1C(O)N2[C@H](c1ccc(F)cc1)C1CCCC1)N1CCCC1C#N. The van der Waals surface area contributed by atoms with Gasteiger partial charge in [0.05, 0.1) is 18.2 Å². The standard InChI is InChI=1S/C26H36FN5O/c1-17(31-12-4-7-21(31)14-28)23(29)16-30-15-22-13-24(30)26(33)32(22)25(18-5-2-3-6-18)19-8-10-20(27)11-9-19/h8-11,18,21-26,33H,1-7,12-13,15-16,29H2/t21?,22?,23-,24-,25-,26?/m0/s1. The van der Waals surface area contributed by atoms with Crippen LogP contribution in [0.4, 0.5) is 4.39 Å². The van der Waals surface area contributed by atoms with Crippen molar-refractivity contribution in [2.45, 2.75) is 81.4 Å². The van der Waals surface area contributed by atoms with Crippen molar-refractivity contribution in [1.29, 1.82) is 5.26 Å². The number of aliphatic hydroxyl groups excluding tert-OH is 1. The van der Waals surface area contributed by atoms with Gasteiger partial charge in [0.2, 0.25) is 0 Å². The molecule has 1 saturated carbocycles. The van der Waals surface area contributed by atoms with E-state index in [1.54, 1.807) is 12.1 Å². The van der Waals surface area contributed by atoms with Crippen LogP contribution in [0.3, 0.4) is 0 Å². The molecule has 1 aromatic carbocycles. The number of benzene rings is 1. The Labute approximate surface area is 196 Å². The molecule has 3 unspecified atom stereocenters. The Morgan fingerprint density at radius 2 is 1.94 bits per heavy atom. The lowest BCUT2D eigenvalue weighted by molar-refractivity contribution is -0.0935. The highest BCUT2D eigenvalue weighted by atomic mass is 19.1. The number of piperazine rings is 1. The number of rotatable bonds is 7. The van der Waals surface area contributed by atoms with E-state index in [0.29, 0.717) is 12.5 Å². The topological polar surface area (TPSA) is 79.8 Å². The molecule has 1 aromatic rings. The Morgan fingerprint density at radius 3 is 2.61 bits per heavy atom. The van der Waals surface area contributed by atoms with Gasteiger partial charge in [-0.1, -0.05) is 31.6 Å². The van der Waals surface area contributed by atoms with Crippen LogP contribution < -0.4 is 5.73 Å². The van der Waals surface area contributed by atoms with Crippen LogP contribution in [0.1, 0.15) is 56.6 Å². The van der Waals surface area contributed by atoms with Crippen molar-refractivity contribution in [3.05, 3.63) is 47.9 Å².